The Bertz CT molecular complexity index is 1000. The highest BCUT2D eigenvalue weighted by molar-refractivity contribution is 7.99. The molecule has 0 atom stereocenters. The van der Waals surface area contributed by atoms with E-state index in [0.29, 0.717) is 26.7 Å². The molecule has 2 aromatic carbocycles. The molecule has 0 N–H and O–H groups in total. The van der Waals surface area contributed by atoms with E-state index in [9.17, 15) is 9.18 Å². The van der Waals surface area contributed by atoms with Crippen LogP contribution in [0.25, 0.3) is 11.5 Å². The standard InChI is InChI=1S/C20H16Cl2FN3O2S/c21-13-6-4-12(5-7-13)19-24-25-20(28-19)29-11-18(27)26(14-8-9-14)10-15-16(22)2-1-3-17(15)23/h1-7,14H,8-11H2. The number of carbonyl (C=O) groups excluding carboxylic acids is 1. The second kappa shape index (κ2) is 8.73. The molecule has 0 aliphatic heterocycles. The molecular formula is C20H16Cl2FN3O2S. The SMILES string of the molecule is O=C(CSc1nnc(-c2ccc(Cl)cc2)o1)N(Cc1c(F)cccc1Cl)C1CC1. The maximum absolute atomic E-state index is 14.1. The third-order valence-electron chi connectivity index (χ3n) is 4.51. The molecule has 0 bridgehead atoms. The van der Waals surface area contributed by atoms with Crippen molar-refractivity contribution >= 4 is 40.9 Å². The maximum atomic E-state index is 14.1. The molecule has 1 amide bonds. The lowest BCUT2D eigenvalue weighted by molar-refractivity contribution is -0.129. The first kappa shape index (κ1) is 20.2. The smallest absolute Gasteiger partial charge is 0.277 e. The van der Waals surface area contributed by atoms with Gasteiger partial charge in [-0.05, 0) is 49.2 Å². The molecule has 29 heavy (non-hydrogen) atoms. The van der Waals surface area contributed by atoms with E-state index in [4.69, 9.17) is 27.6 Å². The Morgan fingerprint density at radius 3 is 2.62 bits per heavy atom. The van der Waals surface area contributed by atoms with Crippen LogP contribution in [0.15, 0.2) is 52.1 Å². The number of hydrogen-bond donors (Lipinski definition) is 0. The average molecular weight is 452 g/mol. The minimum Gasteiger partial charge on any atom is -0.411 e. The van der Waals surface area contributed by atoms with Crippen LogP contribution in [0.1, 0.15) is 18.4 Å². The summed E-state index contributed by atoms with van der Waals surface area (Å²) < 4.78 is 19.7. The number of rotatable bonds is 7. The fourth-order valence-electron chi connectivity index (χ4n) is 2.84. The van der Waals surface area contributed by atoms with Crippen molar-refractivity contribution in [1.29, 1.82) is 0 Å². The summed E-state index contributed by atoms with van der Waals surface area (Å²) in [6, 6.07) is 11.7. The van der Waals surface area contributed by atoms with Gasteiger partial charge in [-0.25, -0.2) is 4.39 Å². The number of amides is 1. The van der Waals surface area contributed by atoms with Gasteiger partial charge in [-0.3, -0.25) is 4.79 Å². The average Bonchev–Trinajstić information content (AvgIpc) is 3.43. The molecular weight excluding hydrogens is 436 g/mol. The number of carbonyl (C=O) groups is 1. The van der Waals surface area contributed by atoms with E-state index in [-0.39, 0.29) is 24.2 Å². The van der Waals surface area contributed by atoms with Crippen molar-refractivity contribution in [2.45, 2.75) is 30.7 Å². The normalized spacial score (nSPS) is 13.5. The first-order valence-electron chi connectivity index (χ1n) is 8.96. The minimum atomic E-state index is -0.409. The van der Waals surface area contributed by atoms with Crippen LogP contribution in [0, 0.1) is 5.82 Å². The van der Waals surface area contributed by atoms with Gasteiger partial charge in [-0.15, -0.1) is 10.2 Å². The third-order valence-corrected chi connectivity index (χ3v) is 5.92. The van der Waals surface area contributed by atoms with Crippen molar-refractivity contribution in [2.75, 3.05) is 5.75 Å². The van der Waals surface area contributed by atoms with Gasteiger partial charge in [0.1, 0.15) is 5.82 Å². The summed E-state index contributed by atoms with van der Waals surface area (Å²) in [4.78, 5) is 14.4. The Labute approximate surface area is 181 Å². The van der Waals surface area contributed by atoms with Crippen LogP contribution in [0.5, 0.6) is 0 Å². The monoisotopic (exact) mass is 451 g/mol. The predicted octanol–water partition coefficient (Wildman–Crippen LogP) is 5.47. The van der Waals surface area contributed by atoms with E-state index in [1.807, 2.05) is 0 Å². The van der Waals surface area contributed by atoms with Crippen molar-refractivity contribution in [3.05, 3.63) is 63.9 Å². The molecule has 0 spiro atoms. The summed E-state index contributed by atoms with van der Waals surface area (Å²) in [5, 5.41) is 9.21. The van der Waals surface area contributed by atoms with Crippen molar-refractivity contribution in [2.24, 2.45) is 0 Å². The Morgan fingerprint density at radius 2 is 1.93 bits per heavy atom. The molecule has 1 aliphatic carbocycles. The molecule has 0 radical (unpaired) electrons. The van der Waals surface area contributed by atoms with Gasteiger partial charge in [0.15, 0.2) is 0 Å². The number of nitrogens with zero attached hydrogens (tertiary/aromatic N) is 3. The van der Waals surface area contributed by atoms with Gasteiger partial charge in [0.05, 0.1) is 12.3 Å². The number of thioether (sulfide) groups is 1. The Hall–Kier alpha value is -2.09. The van der Waals surface area contributed by atoms with E-state index in [0.717, 1.165) is 30.2 Å². The number of aromatic nitrogens is 2. The molecule has 3 aromatic rings. The first-order valence-corrected chi connectivity index (χ1v) is 10.7. The van der Waals surface area contributed by atoms with Crippen molar-refractivity contribution in [3.8, 4) is 11.5 Å². The summed E-state index contributed by atoms with van der Waals surface area (Å²) in [7, 11) is 0. The highest BCUT2D eigenvalue weighted by atomic mass is 35.5. The first-order chi connectivity index (χ1) is 14.0. The lowest BCUT2D eigenvalue weighted by Gasteiger charge is -2.23. The molecule has 1 saturated carbocycles. The van der Waals surface area contributed by atoms with E-state index in [2.05, 4.69) is 10.2 Å². The summed E-state index contributed by atoms with van der Waals surface area (Å²) in [6.45, 7) is 0.148. The van der Waals surface area contributed by atoms with Crippen molar-refractivity contribution in [3.63, 3.8) is 0 Å². The topological polar surface area (TPSA) is 59.2 Å². The zero-order chi connectivity index (χ0) is 20.4. The highest BCUT2D eigenvalue weighted by Crippen LogP contribution is 2.32. The summed E-state index contributed by atoms with van der Waals surface area (Å²) >= 11 is 13.2. The fourth-order valence-corrected chi connectivity index (χ4v) is 3.84. The molecule has 0 saturated heterocycles. The maximum Gasteiger partial charge on any atom is 0.277 e. The molecule has 5 nitrogen and oxygen atoms in total. The molecule has 150 valence electrons. The summed E-state index contributed by atoms with van der Waals surface area (Å²) in [6.07, 6.45) is 1.81. The minimum absolute atomic E-state index is 0.116. The molecule has 1 heterocycles. The third kappa shape index (κ3) is 4.91. The van der Waals surface area contributed by atoms with Crippen LogP contribution >= 0.6 is 35.0 Å². The van der Waals surface area contributed by atoms with Crippen LogP contribution in [-0.4, -0.2) is 32.8 Å². The lowest BCUT2D eigenvalue weighted by Crippen LogP contribution is -2.34. The van der Waals surface area contributed by atoms with Gasteiger partial charge in [-0.1, -0.05) is 41.0 Å². The van der Waals surface area contributed by atoms with E-state index in [1.165, 1.54) is 6.07 Å². The van der Waals surface area contributed by atoms with Crippen molar-refractivity contribution < 1.29 is 13.6 Å². The predicted molar refractivity (Wildman–Crippen MR) is 110 cm³/mol. The van der Waals surface area contributed by atoms with E-state index < -0.39 is 5.82 Å². The fraction of sp³-hybridized carbons (Fsp3) is 0.250. The zero-order valence-electron chi connectivity index (χ0n) is 15.1. The van der Waals surface area contributed by atoms with Crippen LogP contribution in [0.3, 0.4) is 0 Å². The van der Waals surface area contributed by atoms with Crippen LogP contribution in [0.2, 0.25) is 10.0 Å². The van der Waals surface area contributed by atoms with Crippen LogP contribution < -0.4 is 0 Å². The molecule has 9 heteroatoms. The van der Waals surface area contributed by atoms with Gasteiger partial charge in [0, 0.05) is 27.2 Å². The summed E-state index contributed by atoms with van der Waals surface area (Å²) in [5.74, 6) is -0.0601. The van der Waals surface area contributed by atoms with Gasteiger partial charge in [0.2, 0.25) is 11.8 Å². The van der Waals surface area contributed by atoms with Crippen molar-refractivity contribution in [1.82, 2.24) is 15.1 Å². The van der Waals surface area contributed by atoms with Gasteiger partial charge < -0.3 is 9.32 Å². The Kier molecular flexibility index (Phi) is 6.08. The lowest BCUT2D eigenvalue weighted by atomic mass is 10.2. The van der Waals surface area contributed by atoms with Crippen LogP contribution in [0.4, 0.5) is 4.39 Å². The Morgan fingerprint density at radius 1 is 1.17 bits per heavy atom. The second-order valence-electron chi connectivity index (χ2n) is 6.62. The van der Waals surface area contributed by atoms with Gasteiger partial charge >= 0.3 is 0 Å². The zero-order valence-corrected chi connectivity index (χ0v) is 17.5. The molecule has 0 unspecified atom stereocenters. The molecule has 1 fully saturated rings. The number of hydrogen-bond acceptors (Lipinski definition) is 5. The highest BCUT2D eigenvalue weighted by Gasteiger charge is 2.33. The van der Waals surface area contributed by atoms with Gasteiger partial charge in [0.25, 0.3) is 5.22 Å². The molecule has 4 rings (SSSR count). The van der Waals surface area contributed by atoms with Gasteiger partial charge in [-0.2, -0.15) is 0 Å². The largest absolute Gasteiger partial charge is 0.411 e. The summed E-state index contributed by atoms with van der Waals surface area (Å²) in [5.41, 5.74) is 1.08. The number of halogens is 3. The van der Waals surface area contributed by atoms with E-state index >= 15 is 0 Å². The Balaban J connectivity index is 1.41. The quantitative estimate of drug-likeness (QED) is 0.446. The molecule has 1 aromatic heterocycles. The van der Waals surface area contributed by atoms with E-state index in [1.54, 1.807) is 41.3 Å². The second-order valence-corrected chi connectivity index (χ2v) is 8.39. The number of benzene rings is 2. The molecule has 1 aliphatic rings. The van der Waals surface area contributed by atoms with Crippen LogP contribution in [-0.2, 0) is 11.3 Å².